The van der Waals surface area contributed by atoms with Crippen LogP contribution in [-0.4, -0.2) is 51.6 Å². The van der Waals surface area contributed by atoms with E-state index in [1.807, 2.05) is 24.3 Å². The van der Waals surface area contributed by atoms with E-state index in [-0.39, 0.29) is 54.8 Å². The van der Waals surface area contributed by atoms with Crippen LogP contribution in [0.5, 0.6) is 0 Å². The second kappa shape index (κ2) is 11.8. The highest BCUT2D eigenvalue weighted by atomic mass is 35.5. The van der Waals surface area contributed by atoms with Crippen molar-refractivity contribution in [3.8, 4) is 0 Å². The molecule has 0 spiro atoms. The van der Waals surface area contributed by atoms with E-state index in [9.17, 15) is 18.0 Å². The van der Waals surface area contributed by atoms with Crippen molar-refractivity contribution in [2.45, 2.75) is 50.5 Å². The van der Waals surface area contributed by atoms with Gasteiger partial charge in [-0.3, -0.25) is 15.0 Å². The second-order valence-electron chi connectivity index (χ2n) is 8.80. The number of methoxy groups -OCH3 is 1. The van der Waals surface area contributed by atoms with Gasteiger partial charge in [0.05, 0.1) is 25.2 Å². The number of sulfonamides is 1. The molecule has 1 aliphatic heterocycles. The third-order valence-corrected chi connectivity index (χ3v) is 7.99. The molecular formula is C22H33ClN4O5S. The summed E-state index contributed by atoms with van der Waals surface area (Å²) in [7, 11) is -2.18. The van der Waals surface area contributed by atoms with Gasteiger partial charge in [0.15, 0.2) is 0 Å². The number of hydrogen-bond acceptors (Lipinski definition) is 6. The third kappa shape index (κ3) is 7.68. The summed E-state index contributed by atoms with van der Waals surface area (Å²) in [6.07, 6.45) is 3.93. The molecule has 11 heteroatoms. The summed E-state index contributed by atoms with van der Waals surface area (Å²) >= 11 is 0. The van der Waals surface area contributed by atoms with Crippen LogP contribution in [0.3, 0.4) is 0 Å². The van der Waals surface area contributed by atoms with E-state index in [0.29, 0.717) is 17.9 Å². The van der Waals surface area contributed by atoms with E-state index >= 15 is 0 Å². The molecule has 0 aromatic heterocycles. The molecule has 1 aromatic rings. The van der Waals surface area contributed by atoms with E-state index in [1.54, 1.807) is 0 Å². The van der Waals surface area contributed by atoms with Crippen LogP contribution in [0.2, 0.25) is 0 Å². The maximum Gasteiger partial charge on any atom is 0.306 e. The zero-order chi connectivity index (χ0) is 23.3. The van der Waals surface area contributed by atoms with Crippen molar-refractivity contribution < 1.29 is 22.7 Å². The Morgan fingerprint density at radius 3 is 2.42 bits per heavy atom. The van der Waals surface area contributed by atoms with Gasteiger partial charge in [-0.2, -0.15) is 0 Å². The Hall–Kier alpha value is -2.17. The van der Waals surface area contributed by atoms with Crippen LogP contribution in [-0.2, 0) is 24.3 Å². The van der Waals surface area contributed by atoms with Crippen molar-refractivity contribution in [3.05, 3.63) is 35.4 Å². The molecule has 5 N–H and O–H groups in total. The summed E-state index contributed by atoms with van der Waals surface area (Å²) in [5, 5.41) is 10.2. The van der Waals surface area contributed by atoms with Gasteiger partial charge in [-0.25, -0.2) is 13.1 Å². The number of rotatable bonds is 9. The molecule has 1 heterocycles. The molecule has 2 fully saturated rings. The summed E-state index contributed by atoms with van der Waals surface area (Å²) in [5.41, 5.74) is 7.41. The second-order valence-corrected chi connectivity index (χ2v) is 10.7. The average molecular weight is 501 g/mol. The Balaban J connectivity index is 0.00000385. The topological polar surface area (TPSA) is 151 Å². The number of halogens is 1. The molecular weight excluding hydrogens is 468 g/mol. The molecule has 1 aromatic carbocycles. The lowest BCUT2D eigenvalue weighted by Crippen LogP contribution is -2.40. The smallest absolute Gasteiger partial charge is 0.306 e. The maximum absolute atomic E-state index is 12.6. The molecule has 0 unspecified atom stereocenters. The van der Waals surface area contributed by atoms with Gasteiger partial charge in [-0.05, 0) is 49.5 Å². The zero-order valence-electron chi connectivity index (χ0n) is 18.7. The minimum absolute atomic E-state index is 0. The Morgan fingerprint density at radius 2 is 1.85 bits per heavy atom. The zero-order valence-corrected chi connectivity index (χ0v) is 20.3. The fraction of sp³-hybridized carbons (Fsp3) is 0.591. The Labute approximate surface area is 201 Å². The van der Waals surface area contributed by atoms with E-state index < -0.39 is 21.9 Å². The first kappa shape index (κ1) is 27.1. The van der Waals surface area contributed by atoms with E-state index in [1.165, 1.54) is 12.7 Å². The Bertz CT molecular complexity index is 946. The van der Waals surface area contributed by atoms with Crippen LogP contribution < -0.4 is 15.8 Å². The van der Waals surface area contributed by atoms with Gasteiger partial charge in [-0.1, -0.05) is 24.3 Å². The standard InChI is InChI=1S/C22H32N4O5S.ClH/c1-31-20(27)11-18-10-19(26-22(18)28)12-25-32(29,30)13-14-2-4-15(5-3-14)16-6-8-17(9-7-16)21(23)24;/h6-9,14-15,18-19,25H,2-5,10-13H2,1H3,(H3,23,24)(H,26,28);1H/t14?,15?,18-,19-;/m0./s1. The Kier molecular flexibility index (Phi) is 9.69. The van der Waals surface area contributed by atoms with Crippen molar-refractivity contribution in [3.63, 3.8) is 0 Å². The SMILES string of the molecule is COC(=O)C[C@@H]1C[C@@H](CNS(=O)(=O)CC2CCC(c3ccc(C(=N)N)cc3)CC2)NC1=O.Cl. The van der Waals surface area contributed by atoms with Crippen molar-refractivity contribution in [2.75, 3.05) is 19.4 Å². The average Bonchev–Trinajstić information content (AvgIpc) is 3.12. The van der Waals surface area contributed by atoms with Crippen molar-refractivity contribution in [1.82, 2.24) is 10.0 Å². The van der Waals surface area contributed by atoms with Crippen LogP contribution in [0.25, 0.3) is 0 Å². The number of amidine groups is 1. The van der Waals surface area contributed by atoms with Gasteiger partial charge < -0.3 is 15.8 Å². The fourth-order valence-corrected chi connectivity index (χ4v) is 6.14. The summed E-state index contributed by atoms with van der Waals surface area (Å²) in [6.45, 7) is 0.129. The van der Waals surface area contributed by atoms with Crippen molar-refractivity contribution in [2.24, 2.45) is 17.6 Å². The van der Waals surface area contributed by atoms with Crippen LogP contribution in [0, 0.1) is 17.2 Å². The number of esters is 1. The lowest BCUT2D eigenvalue weighted by Gasteiger charge is -2.29. The van der Waals surface area contributed by atoms with E-state index in [0.717, 1.165) is 25.7 Å². The first-order chi connectivity index (χ1) is 15.2. The predicted molar refractivity (Wildman–Crippen MR) is 128 cm³/mol. The largest absolute Gasteiger partial charge is 0.469 e. The normalized spacial score (nSPS) is 25.1. The molecule has 2 atom stereocenters. The fourth-order valence-electron chi connectivity index (χ4n) is 4.62. The van der Waals surface area contributed by atoms with Gasteiger partial charge in [-0.15, -0.1) is 12.4 Å². The highest BCUT2D eigenvalue weighted by Crippen LogP contribution is 2.36. The number of benzene rings is 1. The van der Waals surface area contributed by atoms with Gasteiger partial charge in [0.25, 0.3) is 0 Å². The number of hydrogen-bond donors (Lipinski definition) is 4. The number of nitrogen functional groups attached to an aromatic ring is 1. The number of amides is 1. The van der Waals surface area contributed by atoms with E-state index in [2.05, 4.69) is 14.8 Å². The minimum atomic E-state index is -3.46. The predicted octanol–water partition coefficient (Wildman–Crippen LogP) is 1.65. The third-order valence-electron chi connectivity index (χ3n) is 6.47. The molecule has 0 bridgehead atoms. The summed E-state index contributed by atoms with van der Waals surface area (Å²) in [6, 6.07) is 7.40. The molecule has 9 nitrogen and oxygen atoms in total. The van der Waals surface area contributed by atoms with Crippen molar-refractivity contribution in [1.29, 1.82) is 5.41 Å². The molecule has 1 aliphatic carbocycles. The summed E-state index contributed by atoms with van der Waals surface area (Å²) in [4.78, 5) is 23.4. The minimum Gasteiger partial charge on any atom is -0.469 e. The van der Waals surface area contributed by atoms with Gasteiger partial charge in [0, 0.05) is 18.2 Å². The molecule has 184 valence electrons. The van der Waals surface area contributed by atoms with Gasteiger partial charge >= 0.3 is 5.97 Å². The molecule has 3 rings (SSSR count). The summed E-state index contributed by atoms with van der Waals surface area (Å²) < 4.78 is 32.4. The molecule has 33 heavy (non-hydrogen) atoms. The van der Waals surface area contributed by atoms with Crippen LogP contribution in [0.1, 0.15) is 55.6 Å². The number of ether oxygens (including phenoxy) is 1. The highest BCUT2D eigenvalue weighted by Gasteiger charge is 2.34. The lowest BCUT2D eigenvalue weighted by molar-refractivity contribution is -0.143. The van der Waals surface area contributed by atoms with Gasteiger partial charge in [0.1, 0.15) is 5.84 Å². The molecule has 1 saturated heterocycles. The van der Waals surface area contributed by atoms with Crippen molar-refractivity contribution >= 4 is 40.1 Å². The molecule has 1 saturated carbocycles. The molecule has 2 aliphatic rings. The number of nitrogens with two attached hydrogens (primary N) is 1. The van der Waals surface area contributed by atoms with Gasteiger partial charge in [0.2, 0.25) is 15.9 Å². The number of nitrogens with one attached hydrogen (secondary N) is 3. The van der Waals surface area contributed by atoms with Crippen LogP contribution >= 0.6 is 12.4 Å². The van der Waals surface area contributed by atoms with E-state index in [4.69, 9.17) is 11.1 Å². The number of carbonyl (C=O) groups excluding carboxylic acids is 2. The highest BCUT2D eigenvalue weighted by molar-refractivity contribution is 7.89. The summed E-state index contributed by atoms with van der Waals surface area (Å²) in [5.74, 6) is -0.541. The number of carbonyl (C=O) groups is 2. The molecule has 0 radical (unpaired) electrons. The monoisotopic (exact) mass is 500 g/mol. The lowest BCUT2D eigenvalue weighted by atomic mass is 9.79. The first-order valence-corrected chi connectivity index (χ1v) is 12.6. The maximum atomic E-state index is 12.6. The van der Waals surface area contributed by atoms with Crippen LogP contribution in [0.4, 0.5) is 0 Å². The van der Waals surface area contributed by atoms with Crippen LogP contribution in [0.15, 0.2) is 24.3 Å². The quantitative estimate of drug-likeness (QED) is 0.230. The Morgan fingerprint density at radius 1 is 1.21 bits per heavy atom. The molecule has 1 amide bonds. The first-order valence-electron chi connectivity index (χ1n) is 11.0.